The average molecular weight is 792 g/mol. The fourth-order valence-electron chi connectivity index (χ4n) is 2.12. The van der Waals surface area contributed by atoms with Crippen LogP contribution < -0.4 is 16.0 Å². The van der Waals surface area contributed by atoms with Crippen LogP contribution >= 0.6 is 0 Å². The lowest BCUT2D eigenvalue weighted by atomic mass is 10.1. The molecule has 0 saturated heterocycles. The van der Waals surface area contributed by atoms with E-state index in [1.807, 2.05) is 0 Å². The molecule has 10 N–H and O–H groups in total. The number of aliphatic carboxylic acids is 2. The van der Waals surface area contributed by atoms with E-state index in [2.05, 4.69) is 76.2 Å². The van der Waals surface area contributed by atoms with E-state index in [4.69, 9.17) is 35.7 Å². The summed E-state index contributed by atoms with van der Waals surface area (Å²) in [6.45, 7) is 27.5. The van der Waals surface area contributed by atoms with Crippen LogP contribution in [0, 0.1) is 0 Å². The number of carboxylic acids is 2. The van der Waals surface area contributed by atoms with Gasteiger partial charge in [0.05, 0.1) is 50.8 Å². The Bertz CT molecular complexity index is 1150. The lowest BCUT2D eigenvalue weighted by Crippen LogP contribution is -2.28. The van der Waals surface area contributed by atoms with Crippen LogP contribution in [0.25, 0.3) is 0 Å². The Kier molecular flexibility index (Phi) is 54.1. The highest BCUT2D eigenvalue weighted by Gasteiger charge is 2.11. The molecule has 0 heterocycles. The highest BCUT2D eigenvalue weighted by molar-refractivity contribution is 5.93. The maximum absolute atomic E-state index is 11.0. The molecule has 3 amide bonds. The van der Waals surface area contributed by atoms with Crippen molar-refractivity contribution in [2.75, 3.05) is 59.3 Å². The summed E-state index contributed by atoms with van der Waals surface area (Å²) in [7, 11) is 0. The van der Waals surface area contributed by atoms with Crippen molar-refractivity contribution in [2.45, 2.75) is 45.6 Å². The highest BCUT2D eigenvalue weighted by Crippen LogP contribution is 2.00. The predicted molar refractivity (Wildman–Crippen MR) is 205 cm³/mol. The fourth-order valence-corrected chi connectivity index (χ4v) is 2.12. The smallest absolute Gasteiger partial charge is 0.333 e. The fraction of sp³-hybridized carbons (Fsp3) is 0.444. The molecule has 0 aliphatic heterocycles. The highest BCUT2D eigenvalue weighted by atomic mass is 16.5. The first-order chi connectivity index (χ1) is 25.9. The second-order valence-corrected chi connectivity index (χ2v) is 9.79. The molecule has 1 unspecified atom stereocenters. The zero-order valence-corrected chi connectivity index (χ0v) is 31.8. The van der Waals surface area contributed by atoms with Crippen LogP contribution in [0.15, 0.2) is 87.1 Å². The third-order valence-corrected chi connectivity index (χ3v) is 4.92. The van der Waals surface area contributed by atoms with Crippen LogP contribution in [0.4, 0.5) is 0 Å². The lowest BCUT2D eigenvalue weighted by molar-refractivity contribution is -0.147. The molecule has 316 valence electrons. The van der Waals surface area contributed by atoms with E-state index in [1.165, 1.54) is 18.8 Å². The van der Waals surface area contributed by atoms with Gasteiger partial charge in [-0.3, -0.25) is 19.2 Å². The quantitative estimate of drug-likeness (QED) is 0.0271. The van der Waals surface area contributed by atoms with Gasteiger partial charge in [-0.25, -0.2) is 9.59 Å². The molecule has 0 aliphatic rings. The van der Waals surface area contributed by atoms with Crippen molar-refractivity contribution in [1.29, 1.82) is 0 Å². The van der Waals surface area contributed by atoms with Crippen molar-refractivity contribution in [3.63, 3.8) is 0 Å². The number of rotatable bonds is 24. The van der Waals surface area contributed by atoms with E-state index >= 15 is 0 Å². The molecular weight excluding hydrogens is 730 g/mol. The van der Waals surface area contributed by atoms with Crippen molar-refractivity contribution < 1.29 is 78.7 Å². The molecule has 0 aromatic heterocycles. The van der Waals surface area contributed by atoms with E-state index < -0.39 is 30.6 Å². The number of carboxylic acid groups (broad SMARTS) is 2. The summed E-state index contributed by atoms with van der Waals surface area (Å²) in [6.07, 6.45) is 4.79. The minimum atomic E-state index is -1.30. The molecule has 0 aromatic rings. The predicted octanol–water partition coefficient (Wildman–Crippen LogP) is 0.228. The Labute approximate surface area is 322 Å². The lowest BCUT2D eigenvalue weighted by Gasteiger charge is -2.06. The minimum absolute atomic E-state index is 0.0288. The molecule has 0 rings (SSSR count). The monoisotopic (exact) mass is 791 g/mol. The number of aliphatic hydroxyl groups excluding tert-OH is 5. The summed E-state index contributed by atoms with van der Waals surface area (Å²) in [5.74, 6) is -3.19. The van der Waals surface area contributed by atoms with Gasteiger partial charge in [0.1, 0.15) is 6.61 Å². The van der Waals surface area contributed by atoms with Crippen molar-refractivity contribution in [2.24, 2.45) is 0 Å². The van der Waals surface area contributed by atoms with Gasteiger partial charge < -0.3 is 65.9 Å². The van der Waals surface area contributed by atoms with Crippen LogP contribution in [-0.2, 0) is 43.0 Å². The van der Waals surface area contributed by atoms with E-state index in [-0.39, 0.29) is 68.8 Å². The molecule has 0 saturated carbocycles. The van der Waals surface area contributed by atoms with Gasteiger partial charge in [0.2, 0.25) is 17.7 Å². The van der Waals surface area contributed by atoms with Crippen molar-refractivity contribution in [3.8, 4) is 0 Å². The summed E-state index contributed by atoms with van der Waals surface area (Å²) in [6, 6.07) is 0. The summed E-state index contributed by atoms with van der Waals surface area (Å²) < 4.78 is 13.3. The molecule has 1 atom stereocenters. The Balaban J connectivity index is -0.000000136. The third-order valence-electron chi connectivity index (χ3n) is 4.92. The van der Waals surface area contributed by atoms with Crippen molar-refractivity contribution in [3.05, 3.63) is 87.1 Å². The van der Waals surface area contributed by atoms with Crippen LogP contribution in [-0.4, -0.2) is 137 Å². The Morgan fingerprint density at radius 1 is 0.655 bits per heavy atom. The molecule has 55 heavy (non-hydrogen) atoms. The van der Waals surface area contributed by atoms with Gasteiger partial charge in [-0.2, -0.15) is 0 Å². The van der Waals surface area contributed by atoms with Crippen LogP contribution in [0.2, 0.25) is 0 Å². The zero-order valence-electron chi connectivity index (χ0n) is 31.8. The van der Waals surface area contributed by atoms with Gasteiger partial charge in [0, 0.05) is 49.4 Å². The number of unbranched alkanes of at least 4 members (excludes halogenated alkanes) is 1. The van der Waals surface area contributed by atoms with Gasteiger partial charge in [-0.1, -0.05) is 46.1 Å². The molecule has 0 spiro atoms. The van der Waals surface area contributed by atoms with Crippen LogP contribution in [0.1, 0.15) is 39.5 Å². The number of hydrogen-bond acceptors (Lipinski definition) is 14. The zero-order chi connectivity index (χ0) is 44.0. The van der Waals surface area contributed by atoms with E-state index in [1.54, 1.807) is 13.8 Å². The summed E-state index contributed by atoms with van der Waals surface area (Å²) in [4.78, 5) is 62.1. The normalized spacial score (nSPS) is 9.15. The van der Waals surface area contributed by atoms with Crippen molar-refractivity contribution >= 4 is 36.1 Å². The number of ether oxygens (including phenoxy) is 3. The number of carbonyl (C=O) groups is 6. The standard InChI is InChI=1S/C10H17NO4.C7H11NO4.C6H11NO2.C5H10O2.C4H6O3.C4H6O/c1-7(2)9(13)11-6-4-3-5-8(12)10(14)15;1-6(4-12-5-10)7(11)8-2-3-9;1-5(2)6(9)7-3-4-8;1-2-7-5-3-4-6;1-3(2-5)4(6)7;1-3-5-4-2/h8,12H,1,3-6H2,2H3,(H,11,13)(H,14,15);5,9H,1-4H2,(H,8,11);8H,1,3-4H2,2H3,(H,7,9);2,6H,1,3-5H2;5H,1-2H2,(H,6,7);3-4H,1-2H2. The first kappa shape index (κ1) is 61.4. The molecule has 0 aromatic carbocycles. The van der Waals surface area contributed by atoms with E-state index in [0.717, 1.165) is 0 Å². The Morgan fingerprint density at radius 2 is 1.13 bits per heavy atom. The van der Waals surface area contributed by atoms with Crippen LogP contribution in [0.5, 0.6) is 0 Å². The molecule has 0 aliphatic carbocycles. The molecule has 0 radical (unpaired) electrons. The number of nitrogens with one attached hydrogen (secondary N) is 3. The minimum Gasteiger partial charge on any atom is -0.502 e. The number of carbonyl (C=O) groups excluding carboxylic acids is 4. The Hall–Kier alpha value is -5.60. The van der Waals surface area contributed by atoms with Gasteiger partial charge in [-0.15, -0.1) is 0 Å². The molecular formula is C36H61N3O16. The maximum Gasteiger partial charge on any atom is 0.333 e. The van der Waals surface area contributed by atoms with Gasteiger partial charge in [0.25, 0.3) is 6.47 Å². The van der Waals surface area contributed by atoms with Gasteiger partial charge >= 0.3 is 11.9 Å². The first-order valence-corrected chi connectivity index (χ1v) is 16.1. The molecule has 0 fully saturated rings. The maximum atomic E-state index is 11.0. The molecule has 19 heteroatoms. The number of aliphatic hydroxyl groups is 5. The Morgan fingerprint density at radius 3 is 1.44 bits per heavy atom. The molecule has 19 nitrogen and oxygen atoms in total. The SMILES string of the molecule is C=C(C)C(=O)NCCCCC(O)C(=O)O.C=C(C)C(=O)NCCO.C=C(CO)C(=O)O.C=C(COC=O)C(=O)NCCO.C=COC=C.C=COCCCO. The number of amides is 3. The largest absolute Gasteiger partial charge is 0.502 e. The summed E-state index contributed by atoms with van der Waals surface area (Å²) in [5.41, 5.74) is 0.875. The second kappa shape index (κ2) is 48.4. The molecule has 0 bridgehead atoms. The van der Waals surface area contributed by atoms with Gasteiger partial charge in [-0.05, 0) is 33.1 Å². The topological polar surface area (TPSA) is 308 Å². The van der Waals surface area contributed by atoms with Crippen LogP contribution in [0.3, 0.4) is 0 Å². The summed E-state index contributed by atoms with van der Waals surface area (Å²) >= 11 is 0. The van der Waals surface area contributed by atoms with E-state index in [0.29, 0.717) is 50.1 Å². The third kappa shape index (κ3) is 58.0. The van der Waals surface area contributed by atoms with Crippen molar-refractivity contribution in [1.82, 2.24) is 16.0 Å². The number of hydrogen-bond donors (Lipinski definition) is 10. The first-order valence-electron chi connectivity index (χ1n) is 16.1. The second-order valence-electron chi connectivity index (χ2n) is 9.79. The van der Waals surface area contributed by atoms with E-state index in [9.17, 15) is 28.8 Å². The summed E-state index contributed by atoms with van der Waals surface area (Å²) in [5, 5.41) is 65.4. The average Bonchev–Trinajstić information content (AvgIpc) is 3.15. The van der Waals surface area contributed by atoms with Gasteiger partial charge in [0.15, 0.2) is 6.10 Å².